The van der Waals surface area contributed by atoms with Crippen molar-refractivity contribution >= 4 is 28.7 Å². The fourth-order valence-corrected chi connectivity index (χ4v) is 3.76. The molecule has 4 rings (SSSR count). The smallest absolute Gasteiger partial charge is 0.225 e. The Morgan fingerprint density at radius 3 is 2.59 bits per heavy atom. The molecular formula is C21H27N7O. The summed E-state index contributed by atoms with van der Waals surface area (Å²) in [6, 6.07) is 7.84. The van der Waals surface area contributed by atoms with Crippen molar-refractivity contribution < 1.29 is 5.11 Å². The molecule has 152 valence electrons. The van der Waals surface area contributed by atoms with E-state index in [9.17, 15) is 5.11 Å². The van der Waals surface area contributed by atoms with E-state index in [1.165, 1.54) is 0 Å². The van der Waals surface area contributed by atoms with E-state index in [0.717, 1.165) is 35.3 Å². The summed E-state index contributed by atoms with van der Waals surface area (Å²) < 4.78 is 0. The molecule has 4 N–H and O–H groups in total. The SMILES string of the molecule is CCCNc1nc(NC)c2nc(N[C@@H]3c4ccccc4C[C@H]3O)nc(CC)c2n1. The van der Waals surface area contributed by atoms with Crippen LogP contribution < -0.4 is 16.0 Å². The number of rotatable bonds is 7. The van der Waals surface area contributed by atoms with Crippen molar-refractivity contribution in [2.24, 2.45) is 0 Å². The van der Waals surface area contributed by atoms with E-state index in [0.29, 0.717) is 36.1 Å². The van der Waals surface area contributed by atoms with Crippen molar-refractivity contribution in [1.82, 2.24) is 19.9 Å². The zero-order valence-electron chi connectivity index (χ0n) is 17.0. The maximum Gasteiger partial charge on any atom is 0.225 e. The summed E-state index contributed by atoms with van der Waals surface area (Å²) in [6.45, 7) is 4.95. The average Bonchev–Trinajstić information content (AvgIpc) is 3.06. The number of hydrogen-bond donors (Lipinski definition) is 4. The second-order valence-electron chi connectivity index (χ2n) is 7.21. The van der Waals surface area contributed by atoms with Crippen LogP contribution in [-0.2, 0) is 12.8 Å². The van der Waals surface area contributed by atoms with Crippen LogP contribution in [0.25, 0.3) is 11.0 Å². The minimum absolute atomic E-state index is 0.238. The normalized spacial score (nSPS) is 17.9. The van der Waals surface area contributed by atoms with Gasteiger partial charge in [0.1, 0.15) is 11.0 Å². The highest BCUT2D eigenvalue weighted by molar-refractivity contribution is 5.88. The van der Waals surface area contributed by atoms with Crippen LogP contribution in [0.15, 0.2) is 24.3 Å². The molecule has 0 fully saturated rings. The van der Waals surface area contributed by atoms with Crippen molar-refractivity contribution in [2.45, 2.75) is 45.3 Å². The summed E-state index contributed by atoms with van der Waals surface area (Å²) in [5.74, 6) is 1.70. The van der Waals surface area contributed by atoms with Gasteiger partial charge in [0.25, 0.3) is 0 Å². The maximum atomic E-state index is 10.6. The van der Waals surface area contributed by atoms with Gasteiger partial charge in [-0.2, -0.15) is 4.98 Å². The van der Waals surface area contributed by atoms with E-state index in [1.54, 1.807) is 0 Å². The molecule has 0 unspecified atom stereocenters. The number of nitrogens with one attached hydrogen (secondary N) is 3. The Kier molecular flexibility index (Phi) is 5.44. The first-order chi connectivity index (χ1) is 14.1. The topological polar surface area (TPSA) is 108 Å². The molecule has 29 heavy (non-hydrogen) atoms. The number of aliphatic hydroxyl groups is 1. The number of hydrogen-bond acceptors (Lipinski definition) is 8. The number of aryl methyl sites for hydroxylation is 1. The molecule has 0 saturated heterocycles. The van der Waals surface area contributed by atoms with Gasteiger partial charge in [0.05, 0.1) is 17.8 Å². The molecular weight excluding hydrogens is 366 g/mol. The molecule has 0 aliphatic heterocycles. The zero-order valence-corrected chi connectivity index (χ0v) is 17.0. The van der Waals surface area contributed by atoms with Gasteiger partial charge in [-0.3, -0.25) is 0 Å². The van der Waals surface area contributed by atoms with Gasteiger partial charge < -0.3 is 21.1 Å². The predicted molar refractivity (Wildman–Crippen MR) is 115 cm³/mol. The summed E-state index contributed by atoms with van der Waals surface area (Å²) in [6.07, 6.45) is 1.81. The predicted octanol–water partition coefficient (Wildman–Crippen LogP) is 2.92. The lowest BCUT2D eigenvalue weighted by molar-refractivity contribution is 0.165. The van der Waals surface area contributed by atoms with Crippen molar-refractivity contribution in [3.63, 3.8) is 0 Å². The van der Waals surface area contributed by atoms with Crippen LogP contribution in [0, 0.1) is 0 Å². The number of fused-ring (bicyclic) bond motifs is 2. The molecule has 2 atom stereocenters. The fourth-order valence-electron chi connectivity index (χ4n) is 3.76. The van der Waals surface area contributed by atoms with Crippen LogP contribution in [0.4, 0.5) is 17.7 Å². The molecule has 1 aliphatic carbocycles. The molecule has 1 aromatic carbocycles. The van der Waals surface area contributed by atoms with Gasteiger partial charge in [-0.25, -0.2) is 15.0 Å². The van der Waals surface area contributed by atoms with Crippen LogP contribution in [-0.4, -0.2) is 44.7 Å². The van der Waals surface area contributed by atoms with E-state index in [1.807, 2.05) is 32.2 Å². The highest BCUT2D eigenvalue weighted by atomic mass is 16.3. The molecule has 2 aromatic heterocycles. The van der Waals surface area contributed by atoms with E-state index in [-0.39, 0.29) is 6.04 Å². The highest BCUT2D eigenvalue weighted by Gasteiger charge is 2.31. The van der Waals surface area contributed by atoms with Gasteiger partial charge in [0, 0.05) is 20.0 Å². The first kappa shape index (κ1) is 19.3. The fraction of sp³-hybridized carbons (Fsp3) is 0.429. The number of benzene rings is 1. The third kappa shape index (κ3) is 3.67. The molecule has 8 nitrogen and oxygen atoms in total. The molecule has 3 aromatic rings. The molecule has 0 bridgehead atoms. The lowest BCUT2D eigenvalue weighted by atomic mass is 10.1. The van der Waals surface area contributed by atoms with E-state index < -0.39 is 6.10 Å². The zero-order chi connectivity index (χ0) is 20.4. The highest BCUT2D eigenvalue weighted by Crippen LogP contribution is 2.34. The van der Waals surface area contributed by atoms with Crippen molar-refractivity contribution in [2.75, 3.05) is 29.5 Å². The summed E-state index contributed by atoms with van der Waals surface area (Å²) in [7, 11) is 1.82. The van der Waals surface area contributed by atoms with Crippen LogP contribution in [0.3, 0.4) is 0 Å². The van der Waals surface area contributed by atoms with Crippen LogP contribution in [0.5, 0.6) is 0 Å². The van der Waals surface area contributed by atoms with Gasteiger partial charge in [0.15, 0.2) is 5.82 Å². The molecule has 0 saturated carbocycles. The van der Waals surface area contributed by atoms with Crippen molar-refractivity contribution in [3.8, 4) is 0 Å². The summed E-state index contributed by atoms with van der Waals surface area (Å²) in [5.41, 5.74) is 4.50. The first-order valence-electron chi connectivity index (χ1n) is 10.2. The molecule has 0 radical (unpaired) electrons. The Morgan fingerprint density at radius 1 is 1.03 bits per heavy atom. The Hall–Kier alpha value is -3.00. The second kappa shape index (κ2) is 8.16. The van der Waals surface area contributed by atoms with Crippen molar-refractivity contribution in [1.29, 1.82) is 0 Å². The third-order valence-electron chi connectivity index (χ3n) is 5.21. The molecule has 0 amide bonds. The van der Waals surface area contributed by atoms with Gasteiger partial charge in [-0.15, -0.1) is 0 Å². The Labute approximate surface area is 170 Å². The Bertz CT molecular complexity index is 1020. The Morgan fingerprint density at radius 2 is 1.83 bits per heavy atom. The summed E-state index contributed by atoms with van der Waals surface area (Å²) in [4.78, 5) is 18.6. The maximum absolute atomic E-state index is 10.6. The summed E-state index contributed by atoms with van der Waals surface area (Å²) in [5, 5.41) is 20.3. The standard InChI is InChI=1S/C21H27N7O/c1-4-10-23-20-26-17-14(5-2)24-21(27-18(17)19(22-3)28-20)25-16-13-9-7-6-8-12(13)11-15(16)29/h6-9,15-16,29H,4-5,10-11H2,1-3H3,(H,24,25,27)(H2,22,23,26,28)/t15-,16-/m1/s1. The quantitative estimate of drug-likeness (QED) is 0.485. The van der Waals surface area contributed by atoms with Gasteiger partial charge in [-0.1, -0.05) is 38.1 Å². The monoisotopic (exact) mass is 393 g/mol. The summed E-state index contributed by atoms with van der Waals surface area (Å²) >= 11 is 0. The second-order valence-corrected chi connectivity index (χ2v) is 7.21. The largest absolute Gasteiger partial charge is 0.390 e. The molecule has 0 spiro atoms. The molecule has 1 aliphatic rings. The van der Waals surface area contributed by atoms with Crippen LogP contribution in [0.1, 0.15) is 43.1 Å². The van der Waals surface area contributed by atoms with Crippen LogP contribution >= 0.6 is 0 Å². The third-order valence-corrected chi connectivity index (χ3v) is 5.21. The number of aliphatic hydroxyl groups excluding tert-OH is 1. The van der Waals surface area contributed by atoms with E-state index >= 15 is 0 Å². The number of anilines is 3. The minimum Gasteiger partial charge on any atom is -0.390 e. The van der Waals surface area contributed by atoms with Crippen molar-refractivity contribution in [3.05, 3.63) is 41.1 Å². The lowest BCUT2D eigenvalue weighted by Gasteiger charge is -2.19. The van der Waals surface area contributed by atoms with Gasteiger partial charge in [-0.05, 0) is 24.0 Å². The van der Waals surface area contributed by atoms with Gasteiger partial charge >= 0.3 is 0 Å². The van der Waals surface area contributed by atoms with Gasteiger partial charge in [0.2, 0.25) is 11.9 Å². The lowest BCUT2D eigenvalue weighted by Crippen LogP contribution is -2.22. The van der Waals surface area contributed by atoms with Crippen LogP contribution in [0.2, 0.25) is 0 Å². The molecule has 8 heteroatoms. The van der Waals surface area contributed by atoms with E-state index in [4.69, 9.17) is 9.97 Å². The Balaban J connectivity index is 1.74. The minimum atomic E-state index is -0.516. The van der Waals surface area contributed by atoms with E-state index in [2.05, 4.69) is 38.9 Å². The first-order valence-corrected chi connectivity index (χ1v) is 10.2. The number of aromatic nitrogens is 4. The number of nitrogens with zero attached hydrogens (tertiary/aromatic N) is 4. The molecule has 2 heterocycles. The average molecular weight is 393 g/mol.